The SMILES string of the molecule is C[C@]1(O)CC[C@H](n2cc3cc(NC(=O)c4cccc(N)[n+]4O)c(OCC4CC4)cc3n2)CC1. The van der Waals surface area contributed by atoms with Crippen LogP contribution >= 0.6 is 0 Å². The van der Waals surface area contributed by atoms with E-state index in [0.29, 0.717) is 28.7 Å². The molecule has 0 radical (unpaired) electrons. The number of aromatic nitrogens is 3. The van der Waals surface area contributed by atoms with Gasteiger partial charge in [0.15, 0.2) is 0 Å². The van der Waals surface area contributed by atoms with Crippen LogP contribution in [0, 0.1) is 5.92 Å². The van der Waals surface area contributed by atoms with Gasteiger partial charge in [-0.25, -0.2) is 0 Å². The molecule has 33 heavy (non-hydrogen) atoms. The molecule has 2 aliphatic carbocycles. The number of nitrogen functional groups attached to an aromatic ring is 1. The van der Waals surface area contributed by atoms with Gasteiger partial charge in [0, 0.05) is 23.7 Å². The van der Waals surface area contributed by atoms with Crippen molar-refractivity contribution in [1.29, 1.82) is 0 Å². The average molecular weight is 453 g/mol. The van der Waals surface area contributed by atoms with Crippen LogP contribution in [0.3, 0.4) is 0 Å². The van der Waals surface area contributed by atoms with Crippen molar-refractivity contribution >= 4 is 28.3 Å². The molecule has 2 fully saturated rings. The molecule has 5 rings (SSSR count). The van der Waals surface area contributed by atoms with Gasteiger partial charge in [0.1, 0.15) is 5.75 Å². The van der Waals surface area contributed by atoms with Gasteiger partial charge in [-0.15, -0.1) is 0 Å². The molecule has 0 bridgehead atoms. The first-order chi connectivity index (χ1) is 15.8. The van der Waals surface area contributed by atoms with E-state index < -0.39 is 11.5 Å². The smallest absolute Gasteiger partial charge is 0.312 e. The second-order valence-electron chi connectivity index (χ2n) is 9.60. The second-order valence-corrected chi connectivity index (χ2v) is 9.60. The maximum Gasteiger partial charge on any atom is 0.312 e. The lowest BCUT2D eigenvalue weighted by molar-refractivity contribution is -0.894. The lowest BCUT2D eigenvalue weighted by Gasteiger charge is -2.33. The van der Waals surface area contributed by atoms with E-state index in [9.17, 15) is 15.1 Å². The Morgan fingerprint density at radius 1 is 1.30 bits per heavy atom. The number of anilines is 2. The van der Waals surface area contributed by atoms with E-state index in [-0.39, 0.29) is 17.6 Å². The number of fused-ring (bicyclic) bond motifs is 1. The molecule has 5 N–H and O–H groups in total. The summed E-state index contributed by atoms with van der Waals surface area (Å²) in [5, 5.41) is 28.9. The van der Waals surface area contributed by atoms with Crippen LogP contribution in [0.15, 0.2) is 36.5 Å². The number of aliphatic hydroxyl groups is 1. The van der Waals surface area contributed by atoms with E-state index in [4.69, 9.17) is 15.6 Å². The number of pyridine rings is 1. The Labute approximate surface area is 191 Å². The molecule has 0 aliphatic heterocycles. The zero-order valence-corrected chi connectivity index (χ0v) is 18.7. The molecule has 1 amide bonds. The summed E-state index contributed by atoms with van der Waals surface area (Å²) in [6.45, 7) is 2.47. The van der Waals surface area contributed by atoms with Crippen molar-refractivity contribution in [2.45, 2.75) is 57.1 Å². The predicted octanol–water partition coefficient (Wildman–Crippen LogP) is 3.05. The van der Waals surface area contributed by atoms with Crippen LogP contribution in [0.4, 0.5) is 11.5 Å². The van der Waals surface area contributed by atoms with Crippen molar-refractivity contribution in [3.63, 3.8) is 0 Å². The van der Waals surface area contributed by atoms with Gasteiger partial charge in [-0.2, -0.15) is 5.10 Å². The standard InChI is InChI=1S/C24H29N5O4/c1-24(31)9-7-17(8-10-24)28-13-16-11-19(21(12-18(16)27-28)33-14-15-5-6-15)26-23(30)20-3-2-4-22(25)29(20)32/h2-4,11-13,15,17,25,31-32H,5-10,14H2,1H3,(H,26,30)/p+1/t17-,24-. The first-order valence-corrected chi connectivity index (χ1v) is 11.5. The van der Waals surface area contributed by atoms with E-state index in [1.165, 1.54) is 12.1 Å². The third-order valence-corrected chi connectivity index (χ3v) is 6.68. The molecule has 1 aromatic carbocycles. The fraction of sp³-hybridized carbons (Fsp3) is 0.458. The van der Waals surface area contributed by atoms with Gasteiger partial charge in [0.2, 0.25) is 5.69 Å². The third-order valence-electron chi connectivity index (χ3n) is 6.68. The molecule has 2 aliphatic rings. The zero-order valence-electron chi connectivity index (χ0n) is 18.7. The number of amides is 1. The summed E-state index contributed by atoms with van der Waals surface area (Å²) in [6.07, 6.45) is 7.49. The van der Waals surface area contributed by atoms with E-state index >= 15 is 0 Å². The fourth-order valence-electron chi connectivity index (χ4n) is 4.33. The normalized spacial score (nSPS) is 22.9. The van der Waals surface area contributed by atoms with Gasteiger partial charge in [-0.1, -0.05) is 0 Å². The summed E-state index contributed by atoms with van der Waals surface area (Å²) in [4.78, 5) is 12.9. The van der Waals surface area contributed by atoms with Crippen molar-refractivity contribution in [3.05, 3.63) is 42.2 Å². The highest BCUT2D eigenvalue weighted by molar-refractivity contribution is 6.04. The van der Waals surface area contributed by atoms with Crippen molar-refractivity contribution < 1.29 is 24.6 Å². The Kier molecular flexibility index (Phi) is 5.36. The highest BCUT2D eigenvalue weighted by Gasteiger charge is 2.30. The quantitative estimate of drug-likeness (QED) is 0.336. The van der Waals surface area contributed by atoms with Crippen LogP contribution < -0.4 is 20.5 Å². The molecule has 174 valence electrons. The van der Waals surface area contributed by atoms with E-state index in [0.717, 1.165) is 49.4 Å². The number of hydrogen-bond acceptors (Lipinski definition) is 6. The number of carbonyl (C=O) groups is 1. The summed E-state index contributed by atoms with van der Waals surface area (Å²) < 4.78 is 8.68. The Hall–Kier alpha value is -3.33. The minimum absolute atomic E-state index is 0.0215. The first kappa shape index (κ1) is 21.5. The third kappa shape index (κ3) is 4.59. The van der Waals surface area contributed by atoms with Crippen molar-refractivity contribution in [2.75, 3.05) is 17.7 Å². The van der Waals surface area contributed by atoms with Crippen molar-refractivity contribution in [3.8, 4) is 5.75 Å². The number of nitrogens with zero attached hydrogens (tertiary/aromatic N) is 3. The van der Waals surface area contributed by atoms with Crippen LogP contribution in [0.5, 0.6) is 5.75 Å². The lowest BCUT2D eigenvalue weighted by Crippen LogP contribution is -2.42. The van der Waals surface area contributed by atoms with E-state index in [1.807, 2.05) is 29.9 Å². The van der Waals surface area contributed by atoms with Gasteiger partial charge >= 0.3 is 5.82 Å². The number of nitrogens with two attached hydrogens (primary N) is 1. The van der Waals surface area contributed by atoms with Crippen LogP contribution in [0.25, 0.3) is 10.9 Å². The molecule has 2 aromatic heterocycles. The Balaban J connectivity index is 1.44. The zero-order chi connectivity index (χ0) is 23.2. The number of hydrogen-bond donors (Lipinski definition) is 4. The summed E-state index contributed by atoms with van der Waals surface area (Å²) in [5.74, 6) is 0.664. The highest BCUT2D eigenvalue weighted by Crippen LogP contribution is 2.37. The van der Waals surface area contributed by atoms with Gasteiger partial charge in [-0.05, 0) is 74.3 Å². The molecule has 3 aromatic rings. The summed E-state index contributed by atoms with van der Waals surface area (Å²) in [5.41, 5.74) is 6.44. The number of ether oxygens (including phenoxy) is 1. The Morgan fingerprint density at radius 3 is 2.79 bits per heavy atom. The van der Waals surface area contributed by atoms with Crippen LogP contribution in [-0.2, 0) is 0 Å². The molecule has 9 nitrogen and oxygen atoms in total. The van der Waals surface area contributed by atoms with E-state index in [2.05, 4.69) is 5.32 Å². The van der Waals surface area contributed by atoms with Gasteiger partial charge in [0.25, 0.3) is 5.91 Å². The molecule has 0 saturated heterocycles. The second kappa shape index (κ2) is 8.22. The number of rotatable bonds is 6. The molecule has 9 heteroatoms. The maximum absolute atomic E-state index is 12.9. The maximum atomic E-state index is 12.9. The average Bonchev–Trinajstić information content (AvgIpc) is 3.52. The first-order valence-electron chi connectivity index (χ1n) is 11.5. The lowest BCUT2D eigenvalue weighted by atomic mass is 9.84. The van der Waals surface area contributed by atoms with E-state index in [1.54, 1.807) is 6.07 Å². The summed E-state index contributed by atoms with van der Waals surface area (Å²) >= 11 is 0. The number of carbonyl (C=O) groups excluding carboxylic acids is 1. The molecule has 0 unspecified atom stereocenters. The molecule has 0 atom stereocenters. The van der Waals surface area contributed by atoms with Crippen LogP contribution in [-0.4, -0.2) is 38.2 Å². The van der Waals surface area contributed by atoms with Crippen molar-refractivity contribution in [1.82, 2.24) is 9.78 Å². The van der Waals surface area contributed by atoms with Gasteiger partial charge in [-0.3, -0.25) is 15.2 Å². The Bertz CT molecular complexity index is 1190. The molecule has 0 spiro atoms. The Morgan fingerprint density at radius 2 is 2.06 bits per heavy atom. The molecule has 2 saturated carbocycles. The molecular weight excluding hydrogens is 422 g/mol. The largest absolute Gasteiger partial charge is 0.491 e. The monoisotopic (exact) mass is 452 g/mol. The fourth-order valence-corrected chi connectivity index (χ4v) is 4.33. The molecular formula is C24H30N5O4+. The number of benzene rings is 1. The minimum atomic E-state index is -0.602. The number of nitrogens with one attached hydrogen (secondary N) is 1. The minimum Gasteiger partial charge on any atom is -0.491 e. The topological polar surface area (TPSA) is 127 Å². The van der Waals surface area contributed by atoms with Crippen LogP contribution in [0.2, 0.25) is 0 Å². The van der Waals surface area contributed by atoms with Crippen molar-refractivity contribution in [2.24, 2.45) is 5.92 Å². The summed E-state index contributed by atoms with van der Waals surface area (Å²) in [6, 6.07) is 8.54. The predicted molar refractivity (Wildman–Crippen MR) is 122 cm³/mol. The highest BCUT2D eigenvalue weighted by atomic mass is 16.5. The van der Waals surface area contributed by atoms with Gasteiger partial charge in [0.05, 0.1) is 29.5 Å². The molecule has 2 heterocycles. The summed E-state index contributed by atoms with van der Waals surface area (Å²) in [7, 11) is 0. The van der Waals surface area contributed by atoms with Gasteiger partial charge < -0.3 is 20.4 Å². The van der Waals surface area contributed by atoms with Crippen LogP contribution in [0.1, 0.15) is 62.0 Å².